The third kappa shape index (κ3) is 3.34. The maximum atomic E-state index is 10.1. The zero-order valence-electron chi connectivity index (χ0n) is 11.5. The molecular weight excluding hydrogens is 307 g/mol. The van der Waals surface area contributed by atoms with Crippen molar-refractivity contribution in [2.24, 2.45) is 0 Å². The highest BCUT2D eigenvalue weighted by Crippen LogP contribution is 2.32. The molecule has 0 heterocycles. The summed E-state index contributed by atoms with van der Waals surface area (Å²) in [4.78, 5) is 0. The Kier molecular flexibility index (Phi) is 4.39. The number of benzene rings is 2. The molecule has 1 atom stereocenters. The van der Waals surface area contributed by atoms with Crippen molar-refractivity contribution in [2.75, 3.05) is 0 Å². The van der Waals surface area contributed by atoms with E-state index in [-0.39, 0.29) is 6.10 Å². The number of halogens is 2. The van der Waals surface area contributed by atoms with Crippen LogP contribution in [0, 0.1) is 0 Å². The highest BCUT2D eigenvalue weighted by atomic mass is 35.5. The van der Waals surface area contributed by atoms with E-state index in [2.05, 4.69) is 0 Å². The van der Waals surface area contributed by atoms with Gasteiger partial charge in [0.25, 0.3) is 0 Å². The highest BCUT2D eigenvalue weighted by Gasteiger charge is 2.18. The fourth-order valence-corrected chi connectivity index (χ4v) is 3.02. The Morgan fingerprint density at radius 3 is 2.86 bits per heavy atom. The minimum Gasteiger partial charge on any atom is -0.489 e. The van der Waals surface area contributed by atoms with Crippen LogP contribution in [-0.4, -0.2) is 5.11 Å². The molecule has 0 aliphatic heterocycles. The third-order valence-electron chi connectivity index (χ3n) is 3.80. The molecule has 1 aliphatic rings. The Morgan fingerprint density at radius 2 is 2.00 bits per heavy atom. The van der Waals surface area contributed by atoms with Gasteiger partial charge in [-0.2, -0.15) is 0 Å². The normalized spacial score (nSPS) is 17.4. The van der Waals surface area contributed by atoms with Crippen LogP contribution in [0.5, 0.6) is 5.75 Å². The van der Waals surface area contributed by atoms with E-state index in [0.717, 1.165) is 36.1 Å². The molecule has 0 saturated heterocycles. The molecule has 3 rings (SSSR count). The predicted molar refractivity (Wildman–Crippen MR) is 85.1 cm³/mol. The molecule has 2 aromatic carbocycles. The van der Waals surface area contributed by atoms with E-state index >= 15 is 0 Å². The lowest BCUT2D eigenvalue weighted by molar-refractivity contribution is 0.156. The van der Waals surface area contributed by atoms with E-state index in [9.17, 15) is 5.11 Å². The molecule has 0 radical (unpaired) electrons. The molecule has 0 spiro atoms. The van der Waals surface area contributed by atoms with Crippen molar-refractivity contribution in [3.8, 4) is 5.75 Å². The average Bonchev–Trinajstić information content (AvgIpc) is 2.49. The first kappa shape index (κ1) is 14.7. The van der Waals surface area contributed by atoms with Crippen LogP contribution in [0.3, 0.4) is 0 Å². The van der Waals surface area contributed by atoms with Crippen LogP contribution in [0.2, 0.25) is 10.0 Å². The first-order chi connectivity index (χ1) is 10.1. The van der Waals surface area contributed by atoms with Crippen molar-refractivity contribution in [3.05, 3.63) is 63.1 Å². The predicted octanol–water partition coefficient (Wildman–Crippen LogP) is 4.94. The van der Waals surface area contributed by atoms with Gasteiger partial charge in [0.1, 0.15) is 12.4 Å². The smallest absolute Gasteiger partial charge is 0.120 e. The van der Waals surface area contributed by atoms with Crippen molar-refractivity contribution in [1.82, 2.24) is 0 Å². The van der Waals surface area contributed by atoms with E-state index in [4.69, 9.17) is 27.9 Å². The molecule has 0 amide bonds. The number of fused-ring (bicyclic) bond motifs is 1. The Balaban J connectivity index is 1.76. The summed E-state index contributed by atoms with van der Waals surface area (Å²) < 4.78 is 5.79. The van der Waals surface area contributed by atoms with E-state index < -0.39 is 0 Å². The van der Waals surface area contributed by atoms with Crippen molar-refractivity contribution >= 4 is 23.2 Å². The summed E-state index contributed by atoms with van der Waals surface area (Å²) in [5.41, 5.74) is 3.04. The van der Waals surface area contributed by atoms with Gasteiger partial charge in [-0.1, -0.05) is 29.3 Å². The first-order valence-corrected chi connectivity index (χ1v) is 7.76. The number of aliphatic hydroxyl groups excluding tert-OH is 1. The maximum absolute atomic E-state index is 10.1. The Bertz CT molecular complexity index is 655. The third-order valence-corrected chi connectivity index (χ3v) is 4.41. The van der Waals surface area contributed by atoms with Gasteiger partial charge >= 0.3 is 0 Å². The van der Waals surface area contributed by atoms with Gasteiger partial charge < -0.3 is 9.84 Å². The van der Waals surface area contributed by atoms with Gasteiger partial charge in [0.05, 0.1) is 6.10 Å². The van der Waals surface area contributed by atoms with Crippen LogP contribution >= 0.6 is 23.2 Å². The molecule has 1 aliphatic carbocycles. The quantitative estimate of drug-likeness (QED) is 0.867. The van der Waals surface area contributed by atoms with Crippen LogP contribution in [-0.2, 0) is 13.0 Å². The largest absolute Gasteiger partial charge is 0.489 e. The number of hydrogen-bond donors (Lipinski definition) is 1. The average molecular weight is 323 g/mol. The summed E-state index contributed by atoms with van der Waals surface area (Å²) in [6, 6.07) is 11.2. The minimum absolute atomic E-state index is 0.355. The fraction of sp³-hybridized carbons (Fsp3) is 0.294. The van der Waals surface area contributed by atoms with Crippen LogP contribution < -0.4 is 4.74 Å². The lowest BCUT2D eigenvalue weighted by atomic mass is 9.89. The summed E-state index contributed by atoms with van der Waals surface area (Å²) in [5.74, 6) is 0.741. The summed E-state index contributed by atoms with van der Waals surface area (Å²) in [6.07, 6.45) is 2.49. The summed E-state index contributed by atoms with van der Waals surface area (Å²) in [5, 5.41) is 11.3. The molecular formula is C17H16Cl2O2. The van der Waals surface area contributed by atoms with Gasteiger partial charge in [-0.15, -0.1) is 0 Å². The molecule has 0 unspecified atom stereocenters. The SMILES string of the molecule is O[C@@H]1CCCc2ccc(OCc3cc(Cl)ccc3Cl)cc21. The second-order valence-corrected chi connectivity index (χ2v) is 6.14. The van der Waals surface area contributed by atoms with Gasteiger partial charge in [-0.3, -0.25) is 0 Å². The number of rotatable bonds is 3. The zero-order chi connectivity index (χ0) is 14.8. The van der Waals surface area contributed by atoms with E-state index in [1.165, 1.54) is 5.56 Å². The van der Waals surface area contributed by atoms with Gasteiger partial charge in [0.2, 0.25) is 0 Å². The second-order valence-electron chi connectivity index (χ2n) is 5.29. The molecule has 110 valence electrons. The van der Waals surface area contributed by atoms with Crippen molar-refractivity contribution in [2.45, 2.75) is 32.0 Å². The second kappa shape index (κ2) is 6.27. The van der Waals surface area contributed by atoms with Gasteiger partial charge in [-0.05, 0) is 60.7 Å². The van der Waals surface area contributed by atoms with E-state index in [0.29, 0.717) is 16.7 Å². The Labute approximate surface area is 134 Å². The molecule has 21 heavy (non-hydrogen) atoms. The summed E-state index contributed by atoms with van der Waals surface area (Å²) in [6.45, 7) is 0.355. The molecule has 4 heteroatoms. The monoisotopic (exact) mass is 322 g/mol. The zero-order valence-corrected chi connectivity index (χ0v) is 13.0. The number of hydrogen-bond acceptors (Lipinski definition) is 2. The molecule has 2 nitrogen and oxygen atoms in total. The van der Waals surface area contributed by atoms with Gasteiger partial charge in [0.15, 0.2) is 0 Å². The fourth-order valence-electron chi connectivity index (χ4n) is 2.66. The van der Waals surface area contributed by atoms with Gasteiger partial charge in [0, 0.05) is 15.6 Å². The minimum atomic E-state index is -0.382. The molecule has 0 fully saturated rings. The Morgan fingerprint density at radius 1 is 1.14 bits per heavy atom. The summed E-state index contributed by atoms with van der Waals surface area (Å²) in [7, 11) is 0. The van der Waals surface area contributed by atoms with E-state index in [1.807, 2.05) is 18.2 Å². The first-order valence-electron chi connectivity index (χ1n) is 7.01. The van der Waals surface area contributed by atoms with Crippen molar-refractivity contribution in [3.63, 3.8) is 0 Å². The van der Waals surface area contributed by atoms with Crippen LogP contribution in [0.15, 0.2) is 36.4 Å². The molecule has 0 saturated carbocycles. The van der Waals surface area contributed by atoms with Gasteiger partial charge in [-0.25, -0.2) is 0 Å². The number of aliphatic hydroxyl groups is 1. The number of aryl methyl sites for hydroxylation is 1. The topological polar surface area (TPSA) is 29.5 Å². The molecule has 0 aromatic heterocycles. The molecule has 1 N–H and O–H groups in total. The van der Waals surface area contributed by atoms with E-state index in [1.54, 1.807) is 18.2 Å². The van der Waals surface area contributed by atoms with Crippen molar-refractivity contribution < 1.29 is 9.84 Å². The van der Waals surface area contributed by atoms with Crippen LogP contribution in [0.25, 0.3) is 0 Å². The van der Waals surface area contributed by atoms with Crippen LogP contribution in [0.4, 0.5) is 0 Å². The summed E-state index contributed by atoms with van der Waals surface area (Å²) >= 11 is 12.1. The standard InChI is InChI=1S/C17H16Cl2O2/c18-13-5-7-16(19)12(8-13)10-21-14-6-4-11-2-1-3-17(20)15(11)9-14/h4-9,17,20H,1-3,10H2/t17-/m1/s1. The molecule has 2 aromatic rings. The highest BCUT2D eigenvalue weighted by molar-refractivity contribution is 6.33. The maximum Gasteiger partial charge on any atom is 0.120 e. The van der Waals surface area contributed by atoms with Crippen LogP contribution in [0.1, 0.15) is 35.6 Å². The van der Waals surface area contributed by atoms with Crippen molar-refractivity contribution in [1.29, 1.82) is 0 Å². The molecule has 0 bridgehead atoms. The number of ether oxygens (including phenoxy) is 1. The lowest BCUT2D eigenvalue weighted by Gasteiger charge is -2.22. The lowest BCUT2D eigenvalue weighted by Crippen LogP contribution is -2.09. The Hall–Kier alpha value is -1.22.